The van der Waals surface area contributed by atoms with Crippen molar-refractivity contribution in [2.24, 2.45) is 5.10 Å². The maximum absolute atomic E-state index is 10.2. The van der Waals surface area contributed by atoms with E-state index in [1.54, 1.807) is 7.05 Å². The molecule has 0 saturated heterocycles. The molecular formula is C11H22N2O. The molecule has 0 bridgehead atoms. The summed E-state index contributed by atoms with van der Waals surface area (Å²) in [7, 11) is 1.64. The van der Waals surface area contributed by atoms with Crippen LogP contribution < -0.4 is 0 Å². The second-order valence-corrected chi connectivity index (χ2v) is 3.53. The van der Waals surface area contributed by atoms with Gasteiger partial charge in [0, 0.05) is 13.3 Å². The molecule has 0 rings (SSSR count). The summed E-state index contributed by atoms with van der Waals surface area (Å²) < 4.78 is 0. The van der Waals surface area contributed by atoms with E-state index in [1.807, 2.05) is 6.21 Å². The van der Waals surface area contributed by atoms with Gasteiger partial charge in [-0.2, -0.15) is 5.10 Å². The van der Waals surface area contributed by atoms with E-state index in [9.17, 15) is 4.79 Å². The molecular weight excluding hydrogens is 176 g/mol. The number of nitrogens with zero attached hydrogens (tertiary/aromatic N) is 2. The zero-order chi connectivity index (χ0) is 10.6. The van der Waals surface area contributed by atoms with E-state index >= 15 is 0 Å². The van der Waals surface area contributed by atoms with E-state index in [2.05, 4.69) is 12.0 Å². The van der Waals surface area contributed by atoms with Gasteiger partial charge in [-0.25, -0.2) is 5.01 Å². The minimum absolute atomic E-state index is 0.706. The first-order valence-corrected chi connectivity index (χ1v) is 5.51. The summed E-state index contributed by atoms with van der Waals surface area (Å²) in [6.07, 6.45) is 11.3. The van der Waals surface area contributed by atoms with Crippen molar-refractivity contribution >= 4 is 12.6 Å². The van der Waals surface area contributed by atoms with Crippen molar-refractivity contribution < 1.29 is 4.79 Å². The van der Waals surface area contributed by atoms with Gasteiger partial charge in [-0.3, -0.25) is 4.79 Å². The smallest absolute Gasteiger partial charge is 0.229 e. The van der Waals surface area contributed by atoms with Crippen LogP contribution >= 0.6 is 0 Å². The predicted molar refractivity (Wildman–Crippen MR) is 60.3 cm³/mol. The van der Waals surface area contributed by atoms with Gasteiger partial charge >= 0.3 is 0 Å². The van der Waals surface area contributed by atoms with Gasteiger partial charge in [-0.1, -0.05) is 39.0 Å². The molecule has 0 aromatic carbocycles. The summed E-state index contributed by atoms with van der Waals surface area (Å²) in [5.41, 5.74) is 0. The van der Waals surface area contributed by atoms with E-state index < -0.39 is 0 Å². The minimum Gasteiger partial charge on any atom is -0.277 e. The van der Waals surface area contributed by atoms with Crippen LogP contribution in [-0.4, -0.2) is 24.7 Å². The lowest BCUT2D eigenvalue weighted by molar-refractivity contribution is -0.116. The molecule has 0 aromatic heterocycles. The summed E-state index contributed by atoms with van der Waals surface area (Å²) in [5.74, 6) is 0. The van der Waals surface area contributed by atoms with E-state index in [1.165, 1.54) is 43.5 Å². The van der Waals surface area contributed by atoms with Crippen molar-refractivity contribution in [1.82, 2.24) is 5.01 Å². The second-order valence-electron chi connectivity index (χ2n) is 3.53. The maximum Gasteiger partial charge on any atom is 0.229 e. The average molecular weight is 198 g/mol. The predicted octanol–water partition coefficient (Wildman–Crippen LogP) is 2.81. The quantitative estimate of drug-likeness (QED) is 0.243. The molecule has 0 atom stereocenters. The fraction of sp³-hybridized carbons (Fsp3) is 0.818. The molecule has 3 nitrogen and oxygen atoms in total. The number of hydrazone groups is 1. The molecule has 0 aromatic rings. The molecule has 0 aliphatic heterocycles. The molecule has 14 heavy (non-hydrogen) atoms. The highest BCUT2D eigenvalue weighted by molar-refractivity contribution is 5.59. The van der Waals surface area contributed by atoms with E-state index in [4.69, 9.17) is 0 Å². The molecule has 0 N–H and O–H groups in total. The van der Waals surface area contributed by atoms with Crippen LogP contribution in [0, 0.1) is 0 Å². The summed E-state index contributed by atoms with van der Waals surface area (Å²) >= 11 is 0. The van der Waals surface area contributed by atoms with Gasteiger partial charge in [0.15, 0.2) is 0 Å². The van der Waals surface area contributed by atoms with E-state index in [0.29, 0.717) is 6.41 Å². The standard InChI is InChI=1S/C11H22N2O/c1-3-4-5-6-7-8-9-10-12-13(2)11-14/h10-11H,3-9H2,1-2H3. The topological polar surface area (TPSA) is 32.7 Å². The Hall–Kier alpha value is -0.860. The van der Waals surface area contributed by atoms with Crippen LogP contribution in [0.15, 0.2) is 5.10 Å². The van der Waals surface area contributed by atoms with E-state index in [0.717, 1.165) is 6.42 Å². The Kier molecular flexibility index (Phi) is 9.59. The largest absolute Gasteiger partial charge is 0.277 e. The highest BCUT2D eigenvalue weighted by Gasteiger charge is 1.89. The number of hydrogen-bond acceptors (Lipinski definition) is 2. The van der Waals surface area contributed by atoms with Crippen LogP contribution in [0.4, 0.5) is 0 Å². The molecule has 0 unspecified atom stereocenters. The Balaban J connectivity index is 3.12. The van der Waals surface area contributed by atoms with Gasteiger partial charge in [0.25, 0.3) is 0 Å². The summed E-state index contributed by atoms with van der Waals surface area (Å²) in [5, 5.41) is 5.21. The molecule has 0 spiro atoms. The van der Waals surface area contributed by atoms with Crippen molar-refractivity contribution in [2.75, 3.05) is 7.05 Å². The molecule has 0 aliphatic carbocycles. The third kappa shape index (κ3) is 9.23. The van der Waals surface area contributed by atoms with Crippen molar-refractivity contribution in [3.05, 3.63) is 0 Å². The molecule has 1 amide bonds. The Morgan fingerprint density at radius 2 is 1.79 bits per heavy atom. The number of rotatable bonds is 9. The number of hydrogen-bond donors (Lipinski definition) is 0. The van der Waals surface area contributed by atoms with Gasteiger partial charge in [0.2, 0.25) is 6.41 Å². The Bertz CT molecular complexity index is 157. The van der Waals surface area contributed by atoms with Crippen LogP contribution in [-0.2, 0) is 4.79 Å². The van der Waals surface area contributed by atoms with Crippen molar-refractivity contribution in [3.8, 4) is 0 Å². The molecule has 0 saturated carbocycles. The lowest BCUT2D eigenvalue weighted by Gasteiger charge is -2.00. The lowest BCUT2D eigenvalue weighted by Crippen LogP contribution is -2.06. The molecule has 0 aliphatic rings. The summed E-state index contributed by atoms with van der Waals surface area (Å²) in [4.78, 5) is 10.2. The average Bonchev–Trinajstić information content (AvgIpc) is 2.21. The Labute approximate surface area is 87.2 Å². The molecule has 0 radical (unpaired) electrons. The number of amides is 1. The molecule has 82 valence electrons. The summed E-state index contributed by atoms with van der Waals surface area (Å²) in [6, 6.07) is 0. The maximum atomic E-state index is 10.2. The first-order valence-electron chi connectivity index (χ1n) is 5.51. The number of unbranched alkanes of at least 4 members (excludes halogenated alkanes) is 6. The first kappa shape index (κ1) is 13.1. The fourth-order valence-electron chi connectivity index (χ4n) is 1.23. The van der Waals surface area contributed by atoms with Crippen LogP contribution in [0.3, 0.4) is 0 Å². The third-order valence-corrected chi connectivity index (χ3v) is 2.10. The zero-order valence-corrected chi connectivity index (χ0v) is 9.41. The van der Waals surface area contributed by atoms with Gasteiger partial charge in [0.05, 0.1) is 0 Å². The van der Waals surface area contributed by atoms with Crippen molar-refractivity contribution in [1.29, 1.82) is 0 Å². The highest BCUT2D eigenvalue weighted by Crippen LogP contribution is 2.05. The van der Waals surface area contributed by atoms with Crippen LogP contribution in [0.2, 0.25) is 0 Å². The first-order chi connectivity index (χ1) is 6.81. The van der Waals surface area contributed by atoms with Gasteiger partial charge < -0.3 is 0 Å². The van der Waals surface area contributed by atoms with Crippen LogP contribution in [0.25, 0.3) is 0 Å². The molecule has 3 heteroatoms. The van der Waals surface area contributed by atoms with Gasteiger partial charge in [0.1, 0.15) is 0 Å². The molecule has 0 fully saturated rings. The normalized spacial score (nSPS) is 10.7. The molecule has 0 heterocycles. The Morgan fingerprint density at radius 1 is 1.14 bits per heavy atom. The highest BCUT2D eigenvalue weighted by atomic mass is 16.1. The lowest BCUT2D eigenvalue weighted by atomic mass is 10.1. The summed E-state index contributed by atoms with van der Waals surface area (Å²) in [6.45, 7) is 2.22. The monoisotopic (exact) mass is 198 g/mol. The SMILES string of the molecule is CCCCCCCCC=NN(C)C=O. The second kappa shape index (κ2) is 10.2. The van der Waals surface area contributed by atoms with Crippen LogP contribution in [0.5, 0.6) is 0 Å². The number of carbonyl (C=O) groups is 1. The zero-order valence-electron chi connectivity index (χ0n) is 9.41. The number of carbonyl (C=O) groups excluding carboxylic acids is 1. The van der Waals surface area contributed by atoms with Crippen molar-refractivity contribution in [3.63, 3.8) is 0 Å². The van der Waals surface area contributed by atoms with Gasteiger partial charge in [-0.05, 0) is 12.8 Å². The van der Waals surface area contributed by atoms with Crippen LogP contribution in [0.1, 0.15) is 51.9 Å². The van der Waals surface area contributed by atoms with Gasteiger partial charge in [-0.15, -0.1) is 0 Å². The Morgan fingerprint density at radius 3 is 2.43 bits per heavy atom. The van der Waals surface area contributed by atoms with Crippen molar-refractivity contribution in [2.45, 2.75) is 51.9 Å². The minimum atomic E-state index is 0.706. The third-order valence-electron chi connectivity index (χ3n) is 2.10. The fourth-order valence-corrected chi connectivity index (χ4v) is 1.23. The van der Waals surface area contributed by atoms with E-state index in [-0.39, 0.29) is 0 Å².